The van der Waals surface area contributed by atoms with E-state index >= 15 is 0 Å². The van der Waals surface area contributed by atoms with Crippen LogP contribution < -0.4 is 9.64 Å². The van der Waals surface area contributed by atoms with Crippen LogP contribution in [-0.2, 0) is 22.4 Å². The maximum absolute atomic E-state index is 13.1. The van der Waals surface area contributed by atoms with E-state index in [9.17, 15) is 34.8 Å². The van der Waals surface area contributed by atoms with Gasteiger partial charge in [0.15, 0.2) is 0 Å². The number of anilines is 1. The fourth-order valence-corrected chi connectivity index (χ4v) is 4.63. The summed E-state index contributed by atoms with van der Waals surface area (Å²) in [6, 6.07) is 7.03. The average molecular weight is 468 g/mol. The summed E-state index contributed by atoms with van der Waals surface area (Å²) in [6.07, 6.45) is -9.90. The molecule has 0 aromatic heterocycles. The number of halogens is 6. The van der Waals surface area contributed by atoms with E-state index in [4.69, 9.17) is 4.74 Å². The molecule has 3 rings (SSSR count). The van der Waals surface area contributed by atoms with Crippen LogP contribution in [0.3, 0.4) is 0 Å². The second-order valence-corrected chi connectivity index (χ2v) is 8.77. The molecule has 0 N–H and O–H groups in total. The molecule has 0 amide bonds. The Morgan fingerprint density at radius 2 is 1.29 bits per heavy atom. The highest BCUT2D eigenvalue weighted by Crippen LogP contribution is 2.38. The molecular weight excluding hydrogens is 450 g/mol. The van der Waals surface area contributed by atoms with Gasteiger partial charge in [0.05, 0.1) is 23.1 Å². The highest BCUT2D eigenvalue weighted by Gasteiger charge is 2.38. The Bertz CT molecular complexity index is 996. The van der Waals surface area contributed by atoms with E-state index in [2.05, 4.69) is 0 Å². The fraction of sp³-hybridized carbons (Fsp3) is 0.368. The van der Waals surface area contributed by atoms with Crippen LogP contribution in [0, 0.1) is 0 Å². The van der Waals surface area contributed by atoms with Gasteiger partial charge in [-0.1, -0.05) is 0 Å². The molecule has 1 fully saturated rings. The number of hydrogen-bond acceptors (Lipinski definition) is 4. The summed E-state index contributed by atoms with van der Waals surface area (Å²) in [7, 11) is -2.43. The quantitative estimate of drug-likeness (QED) is 0.630. The van der Waals surface area contributed by atoms with Gasteiger partial charge in [-0.25, -0.2) is 8.42 Å². The lowest BCUT2D eigenvalue weighted by molar-refractivity contribution is -0.143. The van der Waals surface area contributed by atoms with Crippen molar-refractivity contribution in [3.8, 4) is 5.75 Å². The number of methoxy groups -OCH3 is 1. The van der Waals surface area contributed by atoms with E-state index in [1.807, 2.05) is 0 Å². The highest BCUT2D eigenvalue weighted by atomic mass is 32.2. The standard InChI is InChI=1S/C19H18F6N2O3S/c1-30-16-2-4-17(5-3-16)31(28,29)27-8-6-26(7-9-27)15-11-13(18(20,21)22)10-14(12-15)19(23,24)25/h2-5,10-12H,6-9H2,1H3. The molecule has 0 unspecified atom stereocenters. The minimum absolute atomic E-state index is 0.0141. The van der Waals surface area contributed by atoms with Crippen molar-refractivity contribution in [1.82, 2.24) is 4.31 Å². The molecule has 31 heavy (non-hydrogen) atoms. The number of rotatable bonds is 4. The Kier molecular flexibility index (Phi) is 6.16. The van der Waals surface area contributed by atoms with Crippen LogP contribution in [0.2, 0.25) is 0 Å². The van der Waals surface area contributed by atoms with E-state index in [1.165, 1.54) is 36.3 Å². The third-order valence-electron chi connectivity index (χ3n) is 4.87. The van der Waals surface area contributed by atoms with Crippen molar-refractivity contribution < 1.29 is 39.5 Å². The number of alkyl halides is 6. The summed E-state index contributed by atoms with van der Waals surface area (Å²) in [5, 5.41) is 0. The van der Waals surface area contributed by atoms with Crippen LogP contribution >= 0.6 is 0 Å². The lowest BCUT2D eigenvalue weighted by atomic mass is 10.1. The van der Waals surface area contributed by atoms with Gasteiger partial charge in [0.1, 0.15) is 5.75 Å². The lowest BCUT2D eigenvalue weighted by Crippen LogP contribution is -2.48. The van der Waals surface area contributed by atoms with E-state index in [1.54, 1.807) is 0 Å². The molecule has 0 atom stereocenters. The van der Waals surface area contributed by atoms with Crippen molar-refractivity contribution in [2.45, 2.75) is 17.2 Å². The molecule has 12 heteroatoms. The van der Waals surface area contributed by atoms with Crippen LogP contribution in [0.5, 0.6) is 5.75 Å². The van der Waals surface area contributed by atoms with Gasteiger partial charge in [0.2, 0.25) is 10.0 Å². The van der Waals surface area contributed by atoms with Crippen molar-refractivity contribution in [3.05, 3.63) is 53.6 Å². The second kappa shape index (κ2) is 8.23. The number of piperazine rings is 1. The van der Waals surface area contributed by atoms with Crippen LogP contribution in [0.25, 0.3) is 0 Å². The van der Waals surface area contributed by atoms with Crippen LogP contribution in [0.15, 0.2) is 47.4 Å². The maximum atomic E-state index is 13.1. The minimum Gasteiger partial charge on any atom is -0.497 e. The third-order valence-corrected chi connectivity index (χ3v) is 6.79. The zero-order valence-electron chi connectivity index (χ0n) is 16.2. The molecule has 170 valence electrons. The monoisotopic (exact) mass is 468 g/mol. The first-order chi connectivity index (χ1) is 14.3. The van der Waals surface area contributed by atoms with Gasteiger partial charge in [0, 0.05) is 31.9 Å². The molecular formula is C19H18F6N2O3S. The van der Waals surface area contributed by atoms with Gasteiger partial charge in [-0.15, -0.1) is 0 Å². The predicted molar refractivity (Wildman–Crippen MR) is 100 cm³/mol. The summed E-state index contributed by atoms with van der Waals surface area (Å²) in [4.78, 5) is 1.32. The first-order valence-electron chi connectivity index (χ1n) is 9.01. The molecule has 0 aliphatic carbocycles. The van der Waals surface area contributed by atoms with Crippen molar-refractivity contribution in [3.63, 3.8) is 0 Å². The average Bonchev–Trinajstić information content (AvgIpc) is 2.72. The zero-order valence-corrected chi connectivity index (χ0v) is 17.0. The number of nitrogens with zero attached hydrogens (tertiary/aromatic N) is 2. The smallest absolute Gasteiger partial charge is 0.416 e. The molecule has 0 saturated carbocycles. The molecule has 0 spiro atoms. The summed E-state index contributed by atoms with van der Waals surface area (Å²) in [6.45, 7) is -0.306. The third kappa shape index (κ3) is 5.06. The van der Waals surface area contributed by atoms with Gasteiger partial charge in [-0.3, -0.25) is 0 Å². The molecule has 1 heterocycles. The second-order valence-electron chi connectivity index (χ2n) is 6.83. The summed E-state index contributed by atoms with van der Waals surface area (Å²) >= 11 is 0. The molecule has 1 aliphatic heterocycles. The van der Waals surface area contributed by atoms with Crippen molar-refractivity contribution in [2.75, 3.05) is 38.2 Å². The van der Waals surface area contributed by atoms with Crippen LogP contribution in [0.4, 0.5) is 32.0 Å². The molecule has 1 aliphatic rings. The van der Waals surface area contributed by atoms with Crippen LogP contribution in [-0.4, -0.2) is 46.0 Å². The van der Waals surface area contributed by atoms with Crippen molar-refractivity contribution in [1.29, 1.82) is 0 Å². The molecule has 0 bridgehead atoms. The summed E-state index contributed by atoms with van der Waals surface area (Å²) < 4.78 is 110. The number of benzene rings is 2. The van der Waals surface area contributed by atoms with Gasteiger partial charge >= 0.3 is 12.4 Å². The van der Waals surface area contributed by atoms with Gasteiger partial charge in [0.25, 0.3) is 0 Å². The summed E-state index contributed by atoms with van der Waals surface area (Å²) in [5.74, 6) is 0.466. The van der Waals surface area contributed by atoms with E-state index in [-0.39, 0.29) is 42.8 Å². The fourth-order valence-electron chi connectivity index (χ4n) is 3.20. The maximum Gasteiger partial charge on any atom is 0.416 e. The Hall–Kier alpha value is -2.47. The first-order valence-corrected chi connectivity index (χ1v) is 10.4. The molecule has 0 radical (unpaired) electrons. The van der Waals surface area contributed by atoms with E-state index in [0.29, 0.717) is 17.9 Å². The van der Waals surface area contributed by atoms with Crippen LogP contribution in [0.1, 0.15) is 11.1 Å². The highest BCUT2D eigenvalue weighted by molar-refractivity contribution is 7.89. The molecule has 5 nitrogen and oxygen atoms in total. The largest absolute Gasteiger partial charge is 0.497 e. The Morgan fingerprint density at radius 1 is 0.806 bits per heavy atom. The van der Waals surface area contributed by atoms with Crippen molar-refractivity contribution in [2.24, 2.45) is 0 Å². The summed E-state index contributed by atoms with van der Waals surface area (Å²) in [5.41, 5.74) is -3.08. The van der Waals surface area contributed by atoms with E-state index in [0.717, 1.165) is 4.31 Å². The van der Waals surface area contributed by atoms with Gasteiger partial charge in [-0.05, 0) is 42.5 Å². The molecule has 2 aromatic carbocycles. The Labute approximate surface area is 174 Å². The zero-order chi connectivity index (χ0) is 23.0. The first kappa shape index (κ1) is 23.2. The normalized spacial score (nSPS) is 16.4. The Balaban J connectivity index is 1.81. The SMILES string of the molecule is COc1ccc(S(=O)(=O)N2CCN(c3cc(C(F)(F)F)cc(C(F)(F)F)c3)CC2)cc1. The van der Waals surface area contributed by atoms with E-state index < -0.39 is 33.5 Å². The number of hydrogen-bond donors (Lipinski definition) is 0. The molecule has 2 aromatic rings. The van der Waals surface area contributed by atoms with Gasteiger partial charge < -0.3 is 9.64 Å². The number of sulfonamides is 1. The lowest BCUT2D eigenvalue weighted by Gasteiger charge is -2.36. The minimum atomic E-state index is -4.95. The topological polar surface area (TPSA) is 49.9 Å². The van der Waals surface area contributed by atoms with Crippen molar-refractivity contribution >= 4 is 15.7 Å². The predicted octanol–water partition coefficient (Wildman–Crippen LogP) is 4.24. The Morgan fingerprint density at radius 3 is 1.71 bits per heavy atom. The van der Waals surface area contributed by atoms with Gasteiger partial charge in [-0.2, -0.15) is 30.6 Å². The number of ether oxygens (including phenoxy) is 1. The molecule has 1 saturated heterocycles.